The lowest BCUT2D eigenvalue weighted by Gasteiger charge is -2.19. The van der Waals surface area contributed by atoms with Crippen LogP contribution in [0.15, 0.2) is 82.6 Å². The minimum atomic E-state index is -0.310. The van der Waals surface area contributed by atoms with E-state index >= 15 is 0 Å². The van der Waals surface area contributed by atoms with Crippen LogP contribution in [0.25, 0.3) is 0 Å². The number of amides is 3. The Morgan fingerprint density at radius 2 is 1.24 bits per heavy atom. The van der Waals surface area contributed by atoms with E-state index in [4.69, 9.17) is 0 Å². The van der Waals surface area contributed by atoms with Gasteiger partial charge in [0, 0.05) is 46.1 Å². The van der Waals surface area contributed by atoms with E-state index in [2.05, 4.69) is 0 Å². The van der Waals surface area contributed by atoms with E-state index in [9.17, 15) is 14.4 Å². The van der Waals surface area contributed by atoms with Crippen LogP contribution in [0.1, 0.15) is 0 Å². The molecule has 0 unspecified atom stereocenters. The zero-order valence-electron chi connectivity index (χ0n) is 15.5. The third-order valence-corrected chi connectivity index (χ3v) is 6.87. The molecule has 2 aliphatic heterocycles. The van der Waals surface area contributed by atoms with Crippen molar-refractivity contribution in [1.82, 2.24) is 0 Å². The van der Waals surface area contributed by atoms with E-state index < -0.39 is 0 Å². The first-order valence-corrected chi connectivity index (χ1v) is 11.1. The molecule has 2 heterocycles. The summed E-state index contributed by atoms with van der Waals surface area (Å²) in [5, 5.41) is 0. The molecule has 2 aromatic carbocycles. The first-order chi connectivity index (χ1) is 14.1. The SMILES string of the molecule is O=C1C=CCN1c1ccccc1SCCSc1ccccc1N1C(=O)C=CC1=O. The van der Waals surface area contributed by atoms with E-state index in [1.54, 1.807) is 40.6 Å². The van der Waals surface area contributed by atoms with Crippen LogP contribution in [0.2, 0.25) is 0 Å². The average molecular weight is 423 g/mol. The molecule has 0 radical (unpaired) electrons. The number of thioether (sulfide) groups is 2. The predicted octanol–water partition coefficient (Wildman–Crippen LogP) is 3.90. The Labute approximate surface area is 177 Å². The molecule has 5 nitrogen and oxygen atoms in total. The van der Waals surface area contributed by atoms with Crippen molar-refractivity contribution in [1.29, 1.82) is 0 Å². The fraction of sp³-hybridized carbons (Fsp3) is 0.136. The van der Waals surface area contributed by atoms with E-state index in [0.717, 1.165) is 27.0 Å². The average Bonchev–Trinajstić information content (AvgIpc) is 3.31. The van der Waals surface area contributed by atoms with Crippen molar-refractivity contribution in [3.63, 3.8) is 0 Å². The molecule has 0 aliphatic carbocycles. The number of benzene rings is 2. The Hall–Kier alpha value is -2.77. The van der Waals surface area contributed by atoms with Gasteiger partial charge in [-0.25, -0.2) is 4.90 Å². The highest BCUT2D eigenvalue weighted by Gasteiger charge is 2.27. The van der Waals surface area contributed by atoms with Crippen molar-refractivity contribution in [3.8, 4) is 0 Å². The minimum absolute atomic E-state index is 0.00918. The standard InChI is InChI=1S/C22H18N2O3S2/c25-20-10-5-13-23(20)16-6-1-3-8-18(16)28-14-15-29-19-9-4-2-7-17(19)24-21(26)11-12-22(24)27/h1-12H,13-15H2. The summed E-state index contributed by atoms with van der Waals surface area (Å²) in [6, 6.07) is 15.3. The maximum absolute atomic E-state index is 12.0. The maximum Gasteiger partial charge on any atom is 0.258 e. The highest BCUT2D eigenvalue weighted by Crippen LogP contribution is 2.35. The normalized spacial score (nSPS) is 15.8. The van der Waals surface area contributed by atoms with Gasteiger partial charge in [0.1, 0.15) is 0 Å². The molecule has 7 heteroatoms. The van der Waals surface area contributed by atoms with E-state index in [-0.39, 0.29) is 17.7 Å². The molecular formula is C22H18N2O3S2. The second kappa shape index (κ2) is 8.71. The summed E-state index contributed by atoms with van der Waals surface area (Å²) in [5.41, 5.74) is 1.55. The molecular weight excluding hydrogens is 404 g/mol. The van der Waals surface area contributed by atoms with Crippen molar-refractivity contribution in [2.45, 2.75) is 9.79 Å². The van der Waals surface area contributed by atoms with Crippen LogP contribution in [-0.2, 0) is 14.4 Å². The molecule has 0 saturated heterocycles. The molecule has 0 bridgehead atoms. The van der Waals surface area contributed by atoms with E-state index in [1.807, 2.05) is 48.5 Å². The van der Waals surface area contributed by atoms with Gasteiger partial charge in [-0.15, -0.1) is 23.5 Å². The van der Waals surface area contributed by atoms with Gasteiger partial charge in [-0.3, -0.25) is 14.4 Å². The van der Waals surface area contributed by atoms with Gasteiger partial charge in [0.2, 0.25) is 0 Å². The monoisotopic (exact) mass is 422 g/mol. The Morgan fingerprint density at radius 1 is 0.690 bits per heavy atom. The van der Waals surface area contributed by atoms with Gasteiger partial charge in [0.25, 0.3) is 17.7 Å². The Morgan fingerprint density at radius 3 is 1.83 bits per heavy atom. The second-order valence-electron chi connectivity index (χ2n) is 6.33. The minimum Gasteiger partial charge on any atom is -0.304 e. The van der Waals surface area contributed by atoms with Crippen LogP contribution in [0, 0.1) is 0 Å². The molecule has 2 aromatic rings. The van der Waals surface area contributed by atoms with Gasteiger partial charge in [-0.1, -0.05) is 30.3 Å². The third-order valence-electron chi connectivity index (χ3n) is 4.48. The first-order valence-electron chi connectivity index (χ1n) is 9.13. The summed E-state index contributed by atoms with van der Waals surface area (Å²) in [7, 11) is 0. The highest BCUT2D eigenvalue weighted by atomic mass is 32.2. The zero-order chi connectivity index (χ0) is 20.2. The summed E-state index contributed by atoms with van der Waals surface area (Å²) in [4.78, 5) is 41.0. The van der Waals surface area contributed by atoms with Crippen LogP contribution in [-0.4, -0.2) is 35.8 Å². The van der Waals surface area contributed by atoms with E-state index in [0.29, 0.717) is 12.2 Å². The zero-order valence-corrected chi connectivity index (χ0v) is 17.1. The maximum atomic E-state index is 12.0. The smallest absolute Gasteiger partial charge is 0.258 e. The van der Waals surface area contributed by atoms with Gasteiger partial charge in [0.05, 0.1) is 11.4 Å². The summed E-state index contributed by atoms with van der Waals surface area (Å²) < 4.78 is 0. The molecule has 0 spiro atoms. The van der Waals surface area contributed by atoms with Gasteiger partial charge < -0.3 is 4.90 Å². The number of para-hydroxylation sites is 2. The molecule has 0 N–H and O–H groups in total. The van der Waals surface area contributed by atoms with Gasteiger partial charge in [-0.05, 0) is 24.3 Å². The van der Waals surface area contributed by atoms with Crippen LogP contribution in [0.4, 0.5) is 11.4 Å². The van der Waals surface area contributed by atoms with Crippen molar-refractivity contribution < 1.29 is 14.4 Å². The lowest BCUT2D eigenvalue weighted by atomic mass is 10.3. The molecule has 0 fully saturated rings. The molecule has 0 atom stereocenters. The molecule has 0 aromatic heterocycles. The van der Waals surface area contributed by atoms with Crippen LogP contribution < -0.4 is 9.80 Å². The summed E-state index contributed by atoms with van der Waals surface area (Å²) in [5.74, 6) is 1.01. The van der Waals surface area contributed by atoms with Crippen LogP contribution in [0.3, 0.4) is 0 Å². The van der Waals surface area contributed by atoms with E-state index in [1.165, 1.54) is 17.1 Å². The number of imide groups is 1. The quantitative estimate of drug-likeness (QED) is 0.385. The lowest BCUT2D eigenvalue weighted by molar-refractivity contribution is -0.120. The number of carbonyl (C=O) groups excluding carboxylic acids is 3. The van der Waals surface area contributed by atoms with Gasteiger partial charge in [-0.2, -0.15) is 0 Å². The molecule has 29 heavy (non-hydrogen) atoms. The molecule has 2 aliphatic rings. The molecule has 146 valence electrons. The fourth-order valence-corrected chi connectivity index (χ4v) is 5.25. The Balaban J connectivity index is 1.40. The molecule has 4 rings (SSSR count). The summed E-state index contributed by atoms with van der Waals surface area (Å²) >= 11 is 3.30. The van der Waals surface area contributed by atoms with Crippen molar-refractivity contribution in [2.24, 2.45) is 0 Å². The third kappa shape index (κ3) is 4.16. The lowest BCUT2D eigenvalue weighted by Crippen LogP contribution is -2.30. The van der Waals surface area contributed by atoms with Crippen molar-refractivity contribution >= 4 is 52.6 Å². The number of nitrogens with zero attached hydrogens (tertiary/aromatic N) is 2. The Bertz CT molecular complexity index is 1010. The number of hydrogen-bond donors (Lipinski definition) is 0. The largest absolute Gasteiger partial charge is 0.304 e. The molecule has 0 saturated carbocycles. The number of hydrogen-bond acceptors (Lipinski definition) is 5. The topological polar surface area (TPSA) is 57.7 Å². The second-order valence-corrected chi connectivity index (χ2v) is 8.60. The number of anilines is 2. The summed E-state index contributed by atoms with van der Waals surface area (Å²) in [6.45, 7) is 0.602. The van der Waals surface area contributed by atoms with Gasteiger partial charge >= 0.3 is 0 Å². The number of rotatable bonds is 7. The van der Waals surface area contributed by atoms with Crippen LogP contribution >= 0.6 is 23.5 Å². The fourth-order valence-electron chi connectivity index (χ4n) is 3.16. The van der Waals surface area contributed by atoms with Crippen molar-refractivity contribution in [2.75, 3.05) is 27.9 Å². The highest BCUT2D eigenvalue weighted by molar-refractivity contribution is 8.03. The van der Waals surface area contributed by atoms with Gasteiger partial charge in [0.15, 0.2) is 0 Å². The van der Waals surface area contributed by atoms with Crippen molar-refractivity contribution in [3.05, 3.63) is 72.8 Å². The number of carbonyl (C=O) groups is 3. The Kier molecular flexibility index (Phi) is 5.87. The first kappa shape index (κ1) is 19.5. The van der Waals surface area contributed by atoms with Crippen LogP contribution in [0.5, 0.6) is 0 Å². The predicted molar refractivity (Wildman–Crippen MR) is 117 cm³/mol. The summed E-state index contributed by atoms with van der Waals surface area (Å²) in [6.07, 6.45) is 6.06. The molecule has 3 amide bonds.